The first-order valence-electron chi connectivity index (χ1n) is 6.79. The second-order valence-electron chi connectivity index (χ2n) is 4.71. The molecule has 1 aromatic carbocycles. The van der Waals surface area contributed by atoms with Crippen LogP contribution in [0.5, 0.6) is 11.5 Å². The van der Waals surface area contributed by atoms with Gasteiger partial charge < -0.3 is 9.47 Å². The van der Waals surface area contributed by atoms with Crippen LogP contribution in [0, 0.1) is 3.57 Å². The predicted molar refractivity (Wildman–Crippen MR) is 107 cm³/mol. The van der Waals surface area contributed by atoms with E-state index in [4.69, 9.17) is 21.7 Å². The standard InChI is InChI=1S/C16H14INO4S2/c1-4-5-18-15(20)13(24-16(18)23)8-10-6-11(17)14(22-9(2)19)12(7-10)21-3/h4,6-8H,1,5H2,2-3H3. The highest BCUT2D eigenvalue weighted by Crippen LogP contribution is 2.37. The van der Waals surface area contributed by atoms with Gasteiger partial charge in [0.15, 0.2) is 11.5 Å². The van der Waals surface area contributed by atoms with E-state index in [1.165, 1.54) is 30.7 Å². The van der Waals surface area contributed by atoms with Gasteiger partial charge in [-0.15, -0.1) is 6.58 Å². The lowest BCUT2D eigenvalue weighted by molar-refractivity contribution is -0.132. The van der Waals surface area contributed by atoms with Gasteiger partial charge in [0.1, 0.15) is 4.32 Å². The van der Waals surface area contributed by atoms with Crippen LogP contribution in [0.25, 0.3) is 6.08 Å². The minimum Gasteiger partial charge on any atom is -0.493 e. The van der Waals surface area contributed by atoms with Gasteiger partial charge in [-0.25, -0.2) is 0 Å². The lowest BCUT2D eigenvalue weighted by Crippen LogP contribution is -2.27. The molecule has 1 fully saturated rings. The van der Waals surface area contributed by atoms with Gasteiger partial charge in [0.2, 0.25) is 0 Å². The zero-order valence-electron chi connectivity index (χ0n) is 13.0. The van der Waals surface area contributed by atoms with Crippen molar-refractivity contribution in [1.29, 1.82) is 0 Å². The van der Waals surface area contributed by atoms with E-state index in [1.807, 2.05) is 0 Å². The van der Waals surface area contributed by atoms with Crippen molar-refractivity contribution >= 4 is 68.8 Å². The summed E-state index contributed by atoms with van der Waals surface area (Å²) < 4.78 is 11.7. The van der Waals surface area contributed by atoms with Crippen LogP contribution in [0.1, 0.15) is 12.5 Å². The van der Waals surface area contributed by atoms with E-state index in [-0.39, 0.29) is 5.91 Å². The summed E-state index contributed by atoms with van der Waals surface area (Å²) in [6.07, 6.45) is 3.37. The van der Waals surface area contributed by atoms with E-state index in [9.17, 15) is 9.59 Å². The lowest BCUT2D eigenvalue weighted by atomic mass is 10.2. The van der Waals surface area contributed by atoms with Gasteiger partial charge >= 0.3 is 5.97 Å². The molecule has 126 valence electrons. The number of thiocarbonyl (C=S) groups is 1. The van der Waals surface area contributed by atoms with E-state index in [0.29, 0.717) is 30.8 Å². The first kappa shape index (κ1) is 18.9. The second kappa shape index (κ2) is 8.13. The zero-order chi connectivity index (χ0) is 17.9. The summed E-state index contributed by atoms with van der Waals surface area (Å²) in [6.45, 7) is 5.34. The number of halogens is 1. The van der Waals surface area contributed by atoms with Gasteiger partial charge in [0.25, 0.3) is 5.91 Å². The van der Waals surface area contributed by atoms with Gasteiger partial charge in [0.05, 0.1) is 15.6 Å². The Bertz CT molecular complexity index is 761. The van der Waals surface area contributed by atoms with E-state index in [1.54, 1.807) is 24.3 Å². The number of esters is 1. The van der Waals surface area contributed by atoms with Crippen molar-refractivity contribution in [2.24, 2.45) is 0 Å². The van der Waals surface area contributed by atoms with Crippen LogP contribution in [0.2, 0.25) is 0 Å². The summed E-state index contributed by atoms with van der Waals surface area (Å²) in [4.78, 5) is 25.6. The number of carbonyl (C=O) groups is 2. The molecule has 5 nitrogen and oxygen atoms in total. The van der Waals surface area contributed by atoms with Crippen LogP contribution < -0.4 is 9.47 Å². The Morgan fingerprint density at radius 1 is 1.50 bits per heavy atom. The number of amides is 1. The Morgan fingerprint density at radius 2 is 2.21 bits per heavy atom. The number of benzene rings is 1. The van der Waals surface area contributed by atoms with Crippen LogP contribution >= 0.6 is 46.6 Å². The minimum atomic E-state index is -0.427. The van der Waals surface area contributed by atoms with Gasteiger partial charge in [-0.2, -0.15) is 0 Å². The third-order valence-corrected chi connectivity index (χ3v) is 5.16. The summed E-state index contributed by atoms with van der Waals surface area (Å²) in [6, 6.07) is 3.52. The van der Waals surface area contributed by atoms with Crippen LogP contribution in [-0.2, 0) is 9.59 Å². The predicted octanol–water partition coefficient (Wildman–Crippen LogP) is 3.61. The van der Waals surface area contributed by atoms with Crippen molar-refractivity contribution in [3.63, 3.8) is 0 Å². The topological polar surface area (TPSA) is 55.8 Å². The molecular weight excluding hydrogens is 461 g/mol. The van der Waals surface area contributed by atoms with Crippen molar-refractivity contribution in [3.8, 4) is 11.5 Å². The normalized spacial score (nSPS) is 15.8. The van der Waals surface area contributed by atoms with Crippen molar-refractivity contribution < 1.29 is 19.1 Å². The molecule has 1 aliphatic rings. The number of hydrogen-bond acceptors (Lipinski definition) is 6. The molecule has 0 unspecified atom stereocenters. The quantitative estimate of drug-likeness (QED) is 0.162. The Labute approximate surface area is 163 Å². The number of ether oxygens (including phenoxy) is 2. The minimum absolute atomic E-state index is 0.150. The lowest BCUT2D eigenvalue weighted by Gasteiger charge is -2.11. The first-order chi connectivity index (χ1) is 11.4. The number of nitrogens with zero attached hydrogens (tertiary/aromatic N) is 1. The molecule has 1 amide bonds. The third-order valence-electron chi connectivity index (χ3n) is 2.98. The number of rotatable bonds is 5. The maximum absolute atomic E-state index is 12.4. The molecular formula is C16H14INO4S2. The molecule has 0 atom stereocenters. The summed E-state index contributed by atoms with van der Waals surface area (Å²) >= 11 is 8.51. The molecule has 1 heterocycles. The van der Waals surface area contributed by atoms with E-state index in [2.05, 4.69) is 29.2 Å². The highest BCUT2D eigenvalue weighted by atomic mass is 127. The van der Waals surface area contributed by atoms with Crippen LogP contribution in [0.3, 0.4) is 0 Å². The molecule has 1 aliphatic heterocycles. The average Bonchev–Trinajstić information content (AvgIpc) is 2.77. The zero-order valence-corrected chi connectivity index (χ0v) is 16.8. The molecule has 0 saturated carbocycles. The van der Waals surface area contributed by atoms with Crippen LogP contribution in [0.4, 0.5) is 0 Å². The molecule has 1 aromatic rings. The van der Waals surface area contributed by atoms with Crippen LogP contribution in [0.15, 0.2) is 29.7 Å². The fourth-order valence-electron chi connectivity index (χ4n) is 2.00. The number of carbonyl (C=O) groups excluding carboxylic acids is 2. The van der Waals surface area contributed by atoms with Gasteiger partial charge in [-0.1, -0.05) is 30.1 Å². The molecule has 0 N–H and O–H groups in total. The van der Waals surface area contributed by atoms with Crippen LogP contribution in [-0.4, -0.2) is 34.8 Å². The Balaban J connectivity index is 2.38. The van der Waals surface area contributed by atoms with Crippen molar-refractivity contribution in [2.75, 3.05) is 13.7 Å². The van der Waals surface area contributed by atoms with Crippen molar-refractivity contribution in [1.82, 2.24) is 4.90 Å². The van der Waals surface area contributed by atoms with E-state index >= 15 is 0 Å². The third kappa shape index (κ3) is 4.17. The number of methoxy groups -OCH3 is 1. The first-order valence-corrected chi connectivity index (χ1v) is 9.10. The van der Waals surface area contributed by atoms with Gasteiger partial charge in [0, 0.05) is 13.5 Å². The Hall–Kier alpha value is -1.39. The number of hydrogen-bond donors (Lipinski definition) is 0. The SMILES string of the molecule is C=CCN1C(=O)C(=Cc2cc(I)c(OC(C)=O)c(OC)c2)SC1=S. The number of thioether (sulfide) groups is 1. The highest BCUT2D eigenvalue weighted by molar-refractivity contribution is 14.1. The molecule has 0 bridgehead atoms. The largest absolute Gasteiger partial charge is 0.493 e. The smallest absolute Gasteiger partial charge is 0.308 e. The average molecular weight is 475 g/mol. The Morgan fingerprint density at radius 3 is 2.79 bits per heavy atom. The fraction of sp³-hybridized carbons (Fsp3) is 0.188. The van der Waals surface area contributed by atoms with Crippen molar-refractivity contribution in [2.45, 2.75) is 6.92 Å². The fourth-order valence-corrected chi connectivity index (χ4v) is 4.01. The molecule has 24 heavy (non-hydrogen) atoms. The summed E-state index contributed by atoms with van der Waals surface area (Å²) in [5.41, 5.74) is 0.756. The maximum Gasteiger partial charge on any atom is 0.308 e. The molecule has 2 rings (SSSR count). The molecule has 0 aromatic heterocycles. The maximum atomic E-state index is 12.4. The molecule has 0 spiro atoms. The highest BCUT2D eigenvalue weighted by Gasteiger charge is 2.31. The van der Waals surface area contributed by atoms with E-state index < -0.39 is 5.97 Å². The summed E-state index contributed by atoms with van der Waals surface area (Å²) in [7, 11) is 1.49. The van der Waals surface area contributed by atoms with E-state index in [0.717, 1.165) is 5.56 Å². The molecule has 0 radical (unpaired) electrons. The molecule has 8 heteroatoms. The summed E-state index contributed by atoms with van der Waals surface area (Å²) in [5, 5.41) is 0. The van der Waals surface area contributed by atoms with Gasteiger partial charge in [-0.05, 0) is 46.4 Å². The monoisotopic (exact) mass is 475 g/mol. The molecule has 1 saturated heterocycles. The second-order valence-corrected chi connectivity index (χ2v) is 7.55. The summed E-state index contributed by atoms with van der Waals surface area (Å²) in [5.74, 6) is 0.207. The Kier molecular flexibility index (Phi) is 6.41. The van der Waals surface area contributed by atoms with Gasteiger partial charge in [-0.3, -0.25) is 14.5 Å². The molecule has 0 aliphatic carbocycles. The van der Waals surface area contributed by atoms with Crippen molar-refractivity contribution in [3.05, 3.63) is 38.8 Å².